The van der Waals surface area contributed by atoms with Crippen molar-refractivity contribution in [1.82, 2.24) is 10.2 Å². The third kappa shape index (κ3) is 3.70. The smallest absolute Gasteiger partial charge is 0.317 e. The number of nitrogens with zero attached hydrogens (tertiary/aromatic N) is 2. The van der Waals surface area contributed by atoms with Crippen molar-refractivity contribution in [3.8, 4) is 0 Å². The second-order valence-electron chi connectivity index (χ2n) is 6.85. The van der Waals surface area contributed by atoms with Gasteiger partial charge in [0.15, 0.2) is 0 Å². The molecule has 6 heteroatoms. The standard InChI is InChI=1S/C18H25N3O3/c1-12-4-6-16(7-5-12)21-11-15(8-17(21)22)19-18(23)20-9-13(2)24-14(3)10-20/h4-7,13-15H,8-11H2,1-3H3,(H,19,23)/t13-,14-,15+/m1/s1. The summed E-state index contributed by atoms with van der Waals surface area (Å²) in [6, 6.07) is 7.61. The summed E-state index contributed by atoms with van der Waals surface area (Å²) >= 11 is 0. The summed E-state index contributed by atoms with van der Waals surface area (Å²) in [7, 11) is 0. The summed E-state index contributed by atoms with van der Waals surface area (Å²) in [5.41, 5.74) is 2.04. The Morgan fingerprint density at radius 2 is 1.75 bits per heavy atom. The highest BCUT2D eigenvalue weighted by molar-refractivity contribution is 5.96. The number of amides is 3. The molecule has 2 heterocycles. The van der Waals surface area contributed by atoms with Gasteiger partial charge in [0.1, 0.15) is 0 Å². The first-order valence-corrected chi connectivity index (χ1v) is 8.50. The molecule has 0 aliphatic carbocycles. The Balaban J connectivity index is 1.59. The molecule has 3 atom stereocenters. The molecule has 0 bridgehead atoms. The maximum Gasteiger partial charge on any atom is 0.317 e. The van der Waals surface area contributed by atoms with E-state index in [1.165, 1.54) is 0 Å². The molecule has 6 nitrogen and oxygen atoms in total. The number of aryl methyl sites for hydroxylation is 1. The summed E-state index contributed by atoms with van der Waals surface area (Å²) in [6.45, 7) is 7.63. The predicted molar refractivity (Wildman–Crippen MR) is 92.1 cm³/mol. The van der Waals surface area contributed by atoms with Crippen LogP contribution in [-0.2, 0) is 9.53 Å². The molecule has 0 saturated carbocycles. The van der Waals surface area contributed by atoms with Crippen LogP contribution in [-0.4, -0.2) is 54.7 Å². The Labute approximate surface area is 142 Å². The van der Waals surface area contributed by atoms with Crippen LogP contribution < -0.4 is 10.2 Å². The number of hydrogen-bond acceptors (Lipinski definition) is 3. The van der Waals surface area contributed by atoms with E-state index in [0.717, 1.165) is 11.3 Å². The van der Waals surface area contributed by atoms with Crippen LogP contribution >= 0.6 is 0 Å². The van der Waals surface area contributed by atoms with E-state index in [0.29, 0.717) is 26.1 Å². The minimum absolute atomic E-state index is 0.0359. The molecule has 2 aliphatic rings. The molecule has 0 radical (unpaired) electrons. The Hall–Kier alpha value is -2.08. The van der Waals surface area contributed by atoms with Crippen LogP contribution in [0, 0.1) is 6.92 Å². The highest BCUT2D eigenvalue weighted by atomic mass is 16.5. The SMILES string of the molecule is Cc1ccc(N2C[C@@H](NC(=O)N3C[C@@H](C)O[C@H](C)C3)CC2=O)cc1. The fourth-order valence-corrected chi connectivity index (χ4v) is 3.39. The van der Waals surface area contributed by atoms with Crippen LogP contribution in [0.5, 0.6) is 0 Å². The van der Waals surface area contributed by atoms with Crippen molar-refractivity contribution in [2.45, 2.75) is 45.4 Å². The largest absolute Gasteiger partial charge is 0.372 e. The fourth-order valence-electron chi connectivity index (χ4n) is 3.39. The van der Waals surface area contributed by atoms with Gasteiger partial charge < -0.3 is 19.9 Å². The first kappa shape index (κ1) is 16.8. The molecule has 0 unspecified atom stereocenters. The highest BCUT2D eigenvalue weighted by Crippen LogP contribution is 2.22. The van der Waals surface area contributed by atoms with E-state index in [1.807, 2.05) is 45.0 Å². The van der Waals surface area contributed by atoms with Gasteiger partial charge in [-0.15, -0.1) is 0 Å². The van der Waals surface area contributed by atoms with Gasteiger partial charge in [-0.3, -0.25) is 4.79 Å². The van der Waals surface area contributed by atoms with E-state index < -0.39 is 0 Å². The molecule has 1 aromatic rings. The molecule has 130 valence electrons. The average Bonchev–Trinajstić information content (AvgIpc) is 2.87. The maximum absolute atomic E-state index is 12.5. The number of ether oxygens (including phenoxy) is 1. The van der Waals surface area contributed by atoms with E-state index in [4.69, 9.17) is 4.74 Å². The van der Waals surface area contributed by atoms with Crippen molar-refractivity contribution in [2.24, 2.45) is 0 Å². The fraction of sp³-hybridized carbons (Fsp3) is 0.556. The number of anilines is 1. The van der Waals surface area contributed by atoms with E-state index >= 15 is 0 Å². The summed E-state index contributed by atoms with van der Waals surface area (Å²) in [4.78, 5) is 28.3. The normalized spacial score (nSPS) is 27.5. The van der Waals surface area contributed by atoms with Gasteiger partial charge in [0.25, 0.3) is 0 Å². The van der Waals surface area contributed by atoms with E-state index in [-0.39, 0.29) is 30.2 Å². The highest BCUT2D eigenvalue weighted by Gasteiger charge is 2.33. The molecular weight excluding hydrogens is 306 g/mol. The van der Waals surface area contributed by atoms with Crippen molar-refractivity contribution >= 4 is 17.6 Å². The second-order valence-corrected chi connectivity index (χ2v) is 6.85. The van der Waals surface area contributed by atoms with Crippen molar-refractivity contribution < 1.29 is 14.3 Å². The van der Waals surface area contributed by atoms with Crippen molar-refractivity contribution in [2.75, 3.05) is 24.5 Å². The zero-order valence-electron chi connectivity index (χ0n) is 14.5. The van der Waals surface area contributed by atoms with Gasteiger partial charge in [-0.05, 0) is 32.9 Å². The minimum atomic E-state index is -0.153. The quantitative estimate of drug-likeness (QED) is 0.900. The van der Waals surface area contributed by atoms with Crippen LogP contribution in [0.1, 0.15) is 25.8 Å². The summed E-state index contributed by atoms with van der Waals surface area (Å²) in [5.74, 6) is 0.0490. The van der Waals surface area contributed by atoms with Gasteiger partial charge >= 0.3 is 6.03 Å². The average molecular weight is 331 g/mol. The van der Waals surface area contributed by atoms with Crippen LogP contribution in [0.4, 0.5) is 10.5 Å². The van der Waals surface area contributed by atoms with Crippen molar-refractivity contribution in [3.05, 3.63) is 29.8 Å². The molecule has 2 aliphatic heterocycles. The number of benzene rings is 1. The minimum Gasteiger partial charge on any atom is -0.372 e. The number of carbonyl (C=O) groups is 2. The maximum atomic E-state index is 12.5. The van der Waals surface area contributed by atoms with Gasteiger partial charge in [-0.1, -0.05) is 17.7 Å². The molecule has 1 aromatic carbocycles. The lowest BCUT2D eigenvalue weighted by Gasteiger charge is -2.35. The molecule has 2 saturated heterocycles. The molecule has 0 aromatic heterocycles. The number of urea groups is 1. The van der Waals surface area contributed by atoms with E-state index in [2.05, 4.69) is 5.32 Å². The van der Waals surface area contributed by atoms with Crippen LogP contribution in [0.25, 0.3) is 0 Å². The summed E-state index contributed by atoms with van der Waals surface area (Å²) in [6.07, 6.45) is 0.414. The zero-order valence-corrected chi connectivity index (χ0v) is 14.5. The molecule has 1 N–H and O–H groups in total. The van der Waals surface area contributed by atoms with Gasteiger partial charge in [-0.2, -0.15) is 0 Å². The van der Waals surface area contributed by atoms with Gasteiger partial charge in [0.2, 0.25) is 5.91 Å². The van der Waals surface area contributed by atoms with Crippen LogP contribution in [0.2, 0.25) is 0 Å². The molecule has 3 rings (SSSR count). The van der Waals surface area contributed by atoms with Crippen LogP contribution in [0.3, 0.4) is 0 Å². The summed E-state index contributed by atoms with van der Waals surface area (Å²) < 4.78 is 5.65. The Bertz CT molecular complexity index is 606. The summed E-state index contributed by atoms with van der Waals surface area (Å²) in [5, 5.41) is 3.00. The molecule has 3 amide bonds. The van der Waals surface area contributed by atoms with E-state index in [1.54, 1.807) is 9.80 Å². The lowest BCUT2D eigenvalue weighted by Crippen LogP contribution is -2.53. The lowest BCUT2D eigenvalue weighted by atomic mass is 10.2. The number of hydrogen-bond donors (Lipinski definition) is 1. The van der Waals surface area contributed by atoms with Gasteiger partial charge in [0.05, 0.1) is 18.2 Å². The molecular formula is C18H25N3O3. The molecule has 2 fully saturated rings. The van der Waals surface area contributed by atoms with Crippen LogP contribution in [0.15, 0.2) is 24.3 Å². The predicted octanol–water partition coefficient (Wildman–Crippen LogP) is 1.92. The van der Waals surface area contributed by atoms with Gasteiger partial charge in [0, 0.05) is 31.7 Å². The second kappa shape index (κ2) is 6.81. The van der Waals surface area contributed by atoms with Crippen molar-refractivity contribution in [1.29, 1.82) is 0 Å². The van der Waals surface area contributed by atoms with E-state index in [9.17, 15) is 9.59 Å². The first-order valence-electron chi connectivity index (χ1n) is 8.50. The monoisotopic (exact) mass is 331 g/mol. The lowest BCUT2D eigenvalue weighted by molar-refractivity contribution is -0.117. The number of nitrogens with one attached hydrogen (secondary N) is 1. The zero-order chi connectivity index (χ0) is 17.3. The topological polar surface area (TPSA) is 61.9 Å². The number of rotatable bonds is 2. The number of carbonyl (C=O) groups excluding carboxylic acids is 2. The molecule has 0 spiro atoms. The Morgan fingerprint density at radius 3 is 2.38 bits per heavy atom. The number of morpholine rings is 1. The Morgan fingerprint density at radius 1 is 1.12 bits per heavy atom. The third-order valence-corrected chi connectivity index (χ3v) is 4.51. The van der Waals surface area contributed by atoms with Gasteiger partial charge in [-0.25, -0.2) is 4.79 Å². The molecule has 24 heavy (non-hydrogen) atoms. The first-order chi connectivity index (χ1) is 11.4. The van der Waals surface area contributed by atoms with Crippen molar-refractivity contribution in [3.63, 3.8) is 0 Å². The Kier molecular flexibility index (Phi) is 4.76. The third-order valence-electron chi connectivity index (χ3n) is 4.51.